The van der Waals surface area contributed by atoms with Crippen LogP contribution in [0.1, 0.15) is 27.2 Å². The average Bonchev–Trinajstić information content (AvgIpc) is 2.31. The second kappa shape index (κ2) is 7.71. The molecule has 0 radical (unpaired) electrons. The van der Waals surface area contributed by atoms with Gasteiger partial charge < -0.3 is 15.4 Å². The van der Waals surface area contributed by atoms with Crippen LogP contribution in [0.4, 0.5) is 5.69 Å². The highest BCUT2D eigenvalue weighted by Gasteiger charge is 2.02. The highest BCUT2D eigenvalue weighted by molar-refractivity contribution is 5.92. The van der Waals surface area contributed by atoms with Crippen LogP contribution in [0.2, 0.25) is 0 Å². The van der Waals surface area contributed by atoms with E-state index in [1.165, 1.54) is 0 Å². The monoisotopic (exact) mass is 250 g/mol. The number of ether oxygens (including phenoxy) is 1. The van der Waals surface area contributed by atoms with Crippen molar-refractivity contribution in [2.75, 3.05) is 18.4 Å². The van der Waals surface area contributed by atoms with Gasteiger partial charge in [-0.25, -0.2) is 0 Å². The van der Waals surface area contributed by atoms with Gasteiger partial charge in [0.1, 0.15) is 5.75 Å². The van der Waals surface area contributed by atoms with Crippen molar-refractivity contribution in [3.05, 3.63) is 24.3 Å². The molecule has 0 spiro atoms. The molecule has 0 aliphatic rings. The number of carbonyl (C=O) groups excluding carboxylic acids is 1. The second-order valence-electron chi connectivity index (χ2n) is 4.42. The van der Waals surface area contributed by atoms with Crippen LogP contribution in [-0.2, 0) is 4.79 Å². The molecular formula is C14H22N2O2. The van der Waals surface area contributed by atoms with Crippen molar-refractivity contribution in [3.8, 4) is 5.75 Å². The summed E-state index contributed by atoms with van der Waals surface area (Å²) in [5.41, 5.74) is 0.786. The molecule has 0 aliphatic carbocycles. The van der Waals surface area contributed by atoms with Gasteiger partial charge in [-0.05, 0) is 51.1 Å². The van der Waals surface area contributed by atoms with Gasteiger partial charge in [-0.15, -0.1) is 0 Å². The van der Waals surface area contributed by atoms with Gasteiger partial charge in [0, 0.05) is 5.69 Å². The number of amides is 1. The molecule has 1 rings (SSSR count). The lowest BCUT2D eigenvalue weighted by atomic mass is 10.3. The molecule has 0 aliphatic heterocycles. The number of hydrogen-bond donors (Lipinski definition) is 2. The van der Waals surface area contributed by atoms with Gasteiger partial charge in [0.05, 0.1) is 12.6 Å². The lowest BCUT2D eigenvalue weighted by Gasteiger charge is -2.10. The molecule has 0 saturated heterocycles. The minimum absolute atomic E-state index is 0.0269. The quantitative estimate of drug-likeness (QED) is 0.731. The normalized spacial score (nSPS) is 10.4. The minimum Gasteiger partial charge on any atom is -0.491 e. The molecule has 2 N–H and O–H groups in total. The van der Waals surface area contributed by atoms with Crippen LogP contribution in [0.3, 0.4) is 0 Å². The van der Waals surface area contributed by atoms with Crippen LogP contribution >= 0.6 is 0 Å². The summed E-state index contributed by atoms with van der Waals surface area (Å²) in [6, 6.07) is 7.40. The molecule has 0 atom stereocenters. The fraction of sp³-hybridized carbons (Fsp3) is 0.500. The van der Waals surface area contributed by atoms with Crippen molar-refractivity contribution >= 4 is 11.6 Å². The van der Waals surface area contributed by atoms with Gasteiger partial charge in [-0.3, -0.25) is 4.79 Å². The Morgan fingerprint density at radius 1 is 1.28 bits per heavy atom. The third-order valence-corrected chi connectivity index (χ3v) is 2.22. The molecule has 0 heterocycles. The van der Waals surface area contributed by atoms with Gasteiger partial charge in [0.25, 0.3) is 0 Å². The summed E-state index contributed by atoms with van der Waals surface area (Å²) in [7, 11) is 0. The van der Waals surface area contributed by atoms with E-state index in [0.29, 0.717) is 6.54 Å². The van der Waals surface area contributed by atoms with Crippen LogP contribution in [0, 0.1) is 0 Å². The van der Waals surface area contributed by atoms with Gasteiger partial charge in [0.2, 0.25) is 5.91 Å². The van der Waals surface area contributed by atoms with E-state index in [9.17, 15) is 4.79 Å². The van der Waals surface area contributed by atoms with Crippen LogP contribution < -0.4 is 15.4 Å². The topological polar surface area (TPSA) is 50.4 Å². The van der Waals surface area contributed by atoms with Gasteiger partial charge in [0.15, 0.2) is 0 Å². The van der Waals surface area contributed by atoms with Crippen molar-refractivity contribution in [2.45, 2.75) is 33.3 Å². The number of rotatable bonds is 7. The molecule has 1 aromatic carbocycles. The molecule has 0 unspecified atom stereocenters. The smallest absolute Gasteiger partial charge is 0.238 e. The SMILES string of the molecule is CCCNCC(=O)Nc1ccc(OC(C)C)cc1. The number of anilines is 1. The van der Waals surface area contributed by atoms with Gasteiger partial charge in [-0.1, -0.05) is 6.92 Å². The van der Waals surface area contributed by atoms with Gasteiger partial charge >= 0.3 is 0 Å². The van der Waals surface area contributed by atoms with E-state index in [0.717, 1.165) is 24.4 Å². The maximum atomic E-state index is 11.5. The molecule has 4 heteroatoms. The zero-order valence-corrected chi connectivity index (χ0v) is 11.3. The lowest BCUT2D eigenvalue weighted by Crippen LogP contribution is -2.28. The Bertz CT molecular complexity index is 361. The second-order valence-corrected chi connectivity index (χ2v) is 4.42. The molecule has 0 fully saturated rings. The molecular weight excluding hydrogens is 228 g/mol. The Morgan fingerprint density at radius 3 is 2.50 bits per heavy atom. The van der Waals surface area contributed by atoms with E-state index in [1.54, 1.807) is 0 Å². The van der Waals surface area contributed by atoms with E-state index < -0.39 is 0 Å². The predicted octanol–water partition coefficient (Wildman–Crippen LogP) is 2.41. The first-order valence-corrected chi connectivity index (χ1v) is 6.39. The molecule has 0 aromatic heterocycles. The Kier molecular flexibility index (Phi) is 6.22. The first-order valence-electron chi connectivity index (χ1n) is 6.39. The molecule has 100 valence electrons. The summed E-state index contributed by atoms with van der Waals surface area (Å²) >= 11 is 0. The van der Waals surface area contributed by atoms with Crippen molar-refractivity contribution in [1.82, 2.24) is 5.32 Å². The van der Waals surface area contributed by atoms with Crippen molar-refractivity contribution in [2.24, 2.45) is 0 Å². The van der Waals surface area contributed by atoms with Crippen LogP contribution in [0.5, 0.6) is 5.75 Å². The standard InChI is InChI=1S/C14H22N2O2/c1-4-9-15-10-14(17)16-12-5-7-13(8-6-12)18-11(2)3/h5-8,11,15H,4,9-10H2,1-3H3,(H,16,17). The van der Waals surface area contributed by atoms with Crippen molar-refractivity contribution < 1.29 is 9.53 Å². The molecule has 1 amide bonds. The number of carbonyl (C=O) groups is 1. The lowest BCUT2D eigenvalue weighted by molar-refractivity contribution is -0.115. The first-order chi connectivity index (χ1) is 8.61. The number of benzene rings is 1. The van der Waals surface area contributed by atoms with E-state index in [4.69, 9.17) is 4.74 Å². The third-order valence-electron chi connectivity index (χ3n) is 2.22. The van der Waals surface area contributed by atoms with Gasteiger partial charge in [-0.2, -0.15) is 0 Å². The highest BCUT2D eigenvalue weighted by atomic mass is 16.5. The number of hydrogen-bond acceptors (Lipinski definition) is 3. The minimum atomic E-state index is -0.0269. The largest absolute Gasteiger partial charge is 0.491 e. The van der Waals surface area contributed by atoms with Crippen LogP contribution in [0.25, 0.3) is 0 Å². The zero-order valence-electron chi connectivity index (χ0n) is 11.3. The molecule has 0 saturated carbocycles. The maximum absolute atomic E-state index is 11.5. The van der Waals surface area contributed by atoms with E-state index in [2.05, 4.69) is 17.6 Å². The average molecular weight is 250 g/mol. The predicted molar refractivity (Wildman–Crippen MR) is 74.0 cm³/mol. The summed E-state index contributed by atoms with van der Waals surface area (Å²) in [6.07, 6.45) is 1.18. The summed E-state index contributed by atoms with van der Waals surface area (Å²) in [5.74, 6) is 0.785. The first kappa shape index (κ1) is 14.5. The van der Waals surface area contributed by atoms with Crippen molar-refractivity contribution in [3.63, 3.8) is 0 Å². The summed E-state index contributed by atoms with van der Waals surface area (Å²) in [4.78, 5) is 11.5. The summed E-state index contributed by atoms with van der Waals surface area (Å²) in [5, 5.41) is 5.88. The van der Waals surface area contributed by atoms with E-state index >= 15 is 0 Å². The summed E-state index contributed by atoms with van der Waals surface area (Å²) < 4.78 is 5.53. The Morgan fingerprint density at radius 2 is 1.94 bits per heavy atom. The number of nitrogens with one attached hydrogen (secondary N) is 2. The fourth-order valence-corrected chi connectivity index (χ4v) is 1.47. The highest BCUT2D eigenvalue weighted by Crippen LogP contribution is 2.16. The van der Waals surface area contributed by atoms with Crippen LogP contribution in [-0.4, -0.2) is 25.1 Å². The molecule has 1 aromatic rings. The maximum Gasteiger partial charge on any atom is 0.238 e. The van der Waals surface area contributed by atoms with E-state index in [1.807, 2.05) is 38.1 Å². The zero-order chi connectivity index (χ0) is 13.4. The molecule has 18 heavy (non-hydrogen) atoms. The Hall–Kier alpha value is -1.55. The molecule has 4 nitrogen and oxygen atoms in total. The van der Waals surface area contributed by atoms with Crippen molar-refractivity contribution in [1.29, 1.82) is 0 Å². The van der Waals surface area contributed by atoms with E-state index in [-0.39, 0.29) is 12.0 Å². The summed E-state index contributed by atoms with van der Waals surface area (Å²) in [6.45, 7) is 7.23. The van der Waals surface area contributed by atoms with Crippen LogP contribution in [0.15, 0.2) is 24.3 Å². The third kappa shape index (κ3) is 5.68. The fourth-order valence-electron chi connectivity index (χ4n) is 1.47. The Labute approximate surface area is 109 Å². The molecule has 0 bridgehead atoms. The Balaban J connectivity index is 2.40.